The van der Waals surface area contributed by atoms with E-state index in [2.05, 4.69) is 10.6 Å². The lowest BCUT2D eigenvalue weighted by Gasteiger charge is -2.29. The molecule has 0 bridgehead atoms. The van der Waals surface area contributed by atoms with E-state index in [1.165, 1.54) is 6.92 Å². The van der Waals surface area contributed by atoms with Crippen LogP contribution in [0.5, 0.6) is 0 Å². The summed E-state index contributed by atoms with van der Waals surface area (Å²) >= 11 is 5.12. The number of furan rings is 1. The predicted molar refractivity (Wildman–Crippen MR) is 72.5 cm³/mol. The molecule has 0 spiro atoms. The predicted octanol–water partition coefficient (Wildman–Crippen LogP) is 0.506. The number of rotatable bonds is 4. The maximum atomic E-state index is 10.8. The molecule has 110 valence electrons. The van der Waals surface area contributed by atoms with Crippen molar-refractivity contribution in [3.05, 3.63) is 24.2 Å². The molecule has 1 aromatic rings. The Morgan fingerprint density at radius 3 is 2.95 bits per heavy atom. The minimum absolute atomic E-state index is 0.165. The van der Waals surface area contributed by atoms with E-state index in [0.29, 0.717) is 11.7 Å². The van der Waals surface area contributed by atoms with Crippen LogP contribution < -0.4 is 10.6 Å². The van der Waals surface area contributed by atoms with Gasteiger partial charge < -0.3 is 29.3 Å². The summed E-state index contributed by atoms with van der Waals surface area (Å²) in [7, 11) is 0. The van der Waals surface area contributed by atoms with E-state index in [1.54, 1.807) is 12.3 Å². The summed E-state index contributed by atoms with van der Waals surface area (Å²) in [6.07, 6.45) is 0.564. The van der Waals surface area contributed by atoms with Gasteiger partial charge in [0.1, 0.15) is 12.4 Å². The van der Waals surface area contributed by atoms with Gasteiger partial charge in [-0.3, -0.25) is 4.79 Å². The van der Waals surface area contributed by atoms with E-state index in [0.717, 1.165) is 5.76 Å². The first-order valence-corrected chi connectivity index (χ1v) is 6.51. The fourth-order valence-electron chi connectivity index (χ4n) is 1.60. The summed E-state index contributed by atoms with van der Waals surface area (Å²) in [5, 5.41) is 6.36. The van der Waals surface area contributed by atoms with Crippen molar-refractivity contribution >= 4 is 23.3 Å². The van der Waals surface area contributed by atoms with Crippen LogP contribution in [0.4, 0.5) is 0 Å². The second-order valence-corrected chi connectivity index (χ2v) is 4.51. The van der Waals surface area contributed by atoms with Crippen molar-refractivity contribution in [2.24, 2.45) is 0 Å². The highest BCUT2D eigenvalue weighted by atomic mass is 32.1. The number of carbonyl (C=O) groups is 1. The second kappa shape index (κ2) is 7.22. The SMILES string of the molecule is CC(=O)O[C@H]1CO[C@H](NC(=S)NCc2ccco2)CO1. The Labute approximate surface area is 121 Å². The van der Waals surface area contributed by atoms with Gasteiger partial charge in [-0.05, 0) is 24.4 Å². The molecule has 1 aromatic heterocycles. The maximum Gasteiger partial charge on any atom is 0.305 e. The van der Waals surface area contributed by atoms with Crippen molar-refractivity contribution in [1.29, 1.82) is 0 Å². The molecule has 1 aliphatic heterocycles. The molecule has 2 heterocycles. The summed E-state index contributed by atoms with van der Waals surface area (Å²) in [5.74, 6) is 0.380. The first-order chi connectivity index (χ1) is 9.63. The van der Waals surface area contributed by atoms with Crippen molar-refractivity contribution in [3.63, 3.8) is 0 Å². The number of hydrogen-bond acceptors (Lipinski definition) is 6. The largest absolute Gasteiger partial charge is 0.467 e. The van der Waals surface area contributed by atoms with Gasteiger partial charge in [0.15, 0.2) is 11.3 Å². The third-order valence-electron chi connectivity index (χ3n) is 2.46. The lowest BCUT2D eigenvalue weighted by molar-refractivity contribution is -0.232. The molecule has 1 fully saturated rings. The summed E-state index contributed by atoms with van der Waals surface area (Å²) in [6, 6.07) is 3.65. The first kappa shape index (κ1) is 14.8. The quantitative estimate of drug-likeness (QED) is 0.615. The highest BCUT2D eigenvalue weighted by Gasteiger charge is 2.24. The van der Waals surface area contributed by atoms with E-state index in [-0.39, 0.29) is 19.4 Å². The third-order valence-corrected chi connectivity index (χ3v) is 2.72. The molecule has 0 saturated carbocycles. The van der Waals surface area contributed by atoms with Gasteiger partial charge in [0.25, 0.3) is 0 Å². The Hall–Kier alpha value is -1.64. The monoisotopic (exact) mass is 300 g/mol. The topological polar surface area (TPSA) is 82.0 Å². The van der Waals surface area contributed by atoms with Crippen molar-refractivity contribution in [2.45, 2.75) is 26.0 Å². The van der Waals surface area contributed by atoms with Crippen molar-refractivity contribution in [1.82, 2.24) is 10.6 Å². The van der Waals surface area contributed by atoms with Crippen LogP contribution in [-0.4, -0.2) is 36.8 Å². The van der Waals surface area contributed by atoms with Gasteiger partial charge in [0, 0.05) is 6.92 Å². The zero-order chi connectivity index (χ0) is 14.4. The number of ether oxygens (including phenoxy) is 3. The van der Waals surface area contributed by atoms with Crippen LogP contribution in [0.2, 0.25) is 0 Å². The van der Waals surface area contributed by atoms with Gasteiger partial charge in [-0.1, -0.05) is 0 Å². The zero-order valence-electron chi connectivity index (χ0n) is 11.0. The van der Waals surface area contributed by atoms with Crippen LogP contribution in [0.3, 0.4) is 0 Å². The number of nitrogens with one attached hydrogen (secondary N) is 2. The maximum absolute atomic E-state index is 10.8. The van der Waals surface area contributed by atoms with E-state index < -0.39 is 12.3 Å². The molecule has 20 heavy (non-hydrogen) atoms. The van der Waals surface area contributed by atoms with Gasteiger partial charge in [-0.25, -0.2) is 0 Å². The average molecular weight is 300 g/mol. The fourth-order valence-corrected chi connectivity index (χ4v) is 1.80. The van der Waals surface area contributed by atoms with Gasteiger partial charge >= 0.3 is 5.97 Å². The number of esters is 1. The van der Waals surface area contributed by atoms with Gasteiger partial charge in [0.05, 0.1) is 19.4 Å². The van der Waals surface area contributed by atoms with Crippen molar-refractivity contribution in [3.8, 4) is 0 Å². The minimum atomic E-state index is -0.657. The van der Waals surface area contributed by atoms with Crippen LogP contribution in [0.25, 0.3) is 0 Å². The molecule has 7 nitrogen and oxygen atoms in total. The van der Waals surface area contributed by atoms with Gasteiger partial charge in [-0.15, -0.1) is 0 Å². The molecule has 2 rings (SSSR count). The lowest BCUT2D eigenvalue weighted by Crippen LogP contribution is -2.50. The molecule has 2 atom stereocenters. The summed E-state index contributed by atoms with van der Waals surface area (Å²) in [5.41, 5.74) is 0. The number of hydrogen-bond donors (Lipinski definition) is 2. The summed E-state index contributed by atoms with van der Waals surface area (Å²) in [4.78, 5) is 10.8. The molecule has 1 saturated heterocycles. The normalized spacial score (nSPS) is 22.1. The molecule has 0 amide bonds. The van der Waals surface area contributed by atoms with E-state index in [4.69, 9.17) is 30.8 Å². The van der Waals surface area contributed by atoms with Crippen LogP contribution >= 0.6 is 12.2 Å². The minimum Gasteiger partial charge on any atom is -0.467 e. The van der Waals surface area contributed by atoms with Gasteiger partial charge in [0.2, 0.25) is 6.29 Å². The molecule has 0 radical (unpaired) electrons. The van der Waals surface area contributed by atoms with Crippen LogP contribution in [0.15, 0.2) is 22.8 Å². The Morgan fingerprint density at radius 1 is 1.50 bits per heavy atom. The Kier molecular flexibility index (Phi) is 5.33. The highest BCUT2D eigenvalue weighted by molar-refractivity contribution is 7.80. The van der Waals surface area contributed by atoms with Gasteiger partial charge in [-0.2, -0.15) is 0 Å². The molecule has 1 aliphatic rings. The van der Waals surface area contributed by atoms with E-state index in [9.17, 15) is 4.79 Å². The van der Waals surface area contributed by atoms with Crippen LogP contribution in [0.1, 0.15) is 12.7 Å². The molecule has 0 unspecified atom stereocenters. The summed E-state index contributed by atoms with van der Waals surface area (Å²) in [6.45, 7) is 2.21. The Morgan fingerprint density at radius 2 is 2.35 bits per heavy atom. The van der Waals surface area contributed by atoms with Crippen molar-refractivity contribution < 1.29 is 23.4 Å². The molecule has 8 heteroatoms. The number of thiocarbonyl (C=S) groups is 1. The molecular formula is C12H16N2O5S. The fraction of sp³-hybridized carbons (Fsp3) is 0.500. The number of carbonyl (C=O) groups excluding carboxylic acids is 1. The molecule has 0 aromatic carbocycles. The standard InChI is InChI=1S/C12H16N2O5S/c1-8(15)19-11-7-17-10(6-18-11)14-12(20)13-5-9-3-2-4-16-9/h2-4,10-11H,5-7H2,1H3,(H2,13,14,20)/t10-,11-/m0/s1. The zero-order valence-corrected chi connectivity index (χ0v) is 11.8. The lowest BCUT2D eigenvalue weighted by atomic mass is 10.4. The smallest absolute Gasteiger partial charge is 0.305 e. The second-order valence-electron chi connectivity index (χ2n) is 4.10. The average Bonchev–Trinajstić information content (AvgIpc) is 2.91. The summed E-state index contributed by atoms with van der Waals surface area (Å²) < 4.78 is 20.8. The third kappa shape index (κ3) is 4.80. The molecule has 0 aliphatic carbocycles. The van der Waals surface area contributed by atoms with E-state index in [1.807, 2.05) is 6.07 Å². The molecule has 2 N–H and O–H groups in total. The van der Waals surface area contributed by atoms with E-state index >= 15 is 0 Å². The Bertz CT molecular complexity index is 443. The Balaban J connectivity index is 1.64. The van der Waals surface area contributed by atoms with Crippen LogP contribution in [0, 0.1) is 0 Å². The van der Waals surface area contributed by atoms with Crippen molar-refractivity contribution in [2.75, 3.05) is 13.2 Å². The van der Waals surface area contributed by atoms with Crippen LogP contribution in [-0.2, 0) is 25.5 Å². The highest BCUT2D eigenvalue weighted by Crippen LogP contribution is 2.07. The first-order valence-electron chi connectivity index (χ1n) is 6.10. The molecular weight excluding hydrogens is 284 g/mol.